The Labute approximate surface area is 105 Å². The number of hydrogen-bond donors (Lipinski definition) is 1. The molecule has 0 aromatic heterocycles. The lowest BCUT2D eigenvalue weighted by molar-refractivity contribution is -0.140. The van der Waals surface area contributed by atoms with Gasteiger partial charge in [0.1, 0.15) is 0 Å². The molecule has 0 saturated carbocycles. The van der Waals surface area contributed by atoms with Gasteiger partial charge in [0.15, 0.2) is 0 Å². The van der Waals surface area contributed by atoms with Gasteiger partial charge in [0.25, 0.3) is 0 Å². The summed E-state index contributed by atoms with van der Waals surface area (Å²) < 4.78 is 0. The van der Waals surface area contributed by atoms with Crippen LogP contribution in [0, 0.1) is 11.3 Å². The molecule has 0 radical (unpaired) electrons. The minimum atomic E-state index is -0.133. The van der Waals surface area contributed by atoms with Gasteiger partial charge in [-0.15, -0.1) is 0 Å². The molecule has 2 rings (SSSR count). The maximum absolute atomic E-state index is 12.6. The third-order valence-electron chi connectivity index (χ3n) is 4.60. The molecule has 0 bridgehead atoms. The highest BCUT2D eigenvalue weighted by molar-refractivity contribution is 5.83. The first-order valence-electron chi connectivity index (χ1n) is 7.16. The van der Waals surface area contributed by atoms with Gasteiger partial charge in [0.2, 0.25) is 5.91 Å². The van der Waals surface area contributed by atoms with Crippen LogP contribution in [-0.4, -0.2) is 37.0 Å². The van der Waals surface area contributed by atoms with Gasteiger partial charge in [-0.2, -0.15) is 0 Å². The first-order chi connectivity index (χ1) is 8.15. The summed E-state index contributed by atoms with van der Waals surface area (Å²) in [7, 11) is 0. The van der Waals surface area contributed by atoms with Gasteiger partial charge < -0.3 is 10.2 Å². The topological polar surface area (TPSA) is 32.3 Å². The number of carbonyl (C=O) groups is 1. The lowest BCUT2D eigenvalue weighted by atomic mass is 9.88. The van der Waals surface area contributed by atoms with Crippen molar-refractivity contribution in [3.63, 3.8) is 0 Å². The Morgan fingerprint density at radius 2 is 2.24 bits per heavy atom. The van der Waals surface area contributed by atoms with E-state index in [1.54, 1.807) is 0 Å². The lowest BCUT2D eigenvalue weighted by Gasteiger charge is -2.30. The highest BCUT2D eigenvalue weighted by atomic mass is 16.2. The highest BCUT2D eigenvalue weighted by Crippen LogP contribution is 2.29. The molecule has 2 unspecified atom stereocenters. The third-order valence-corrected chi connectivity index (χ3v) is 4.60. The van der Waals surface area contributed by atoms with Crippen molar-refractivity contribution in [2.75, 3.05) is 26.2 Å². The smallest absolute Gasteiger partial charge is 0.229 e. The molecular formula is C14H26N2O. The molecule has 2 aliphatic heterocycles. The summed E-state index contributed by atoms with van der Waals surface area (Å²) in [5, 5.41) is 3.32. The number of nitrogens with zero attached hydrogens (tertiary/aromatic N) is 1. The lowest BCUT2D eigenvalue weighted by Crippen LogP contribution is -2.44. The molecule has 2 atom stereocenters. The van der Waals surface area contributed by atoms with E-state index in [2.05, 4.69) is 24.1 Å². The van der Waals surface area contributed by atoms with E-state index >= 15 is 0 Å². The van der Waals surface area contributed by atoms with Crippen molar-refractivity contribution in [1.82, 2.24) is 10.2 Å². The van der Waals surface area contributed by atoms with Crippen LogP contribution < -0.4 is 5.32 Å². The van der Waals surface area contributed by atoms with Crippen LogP contribution in [0.25, 0.3) is 0 Å². The largest absolute Gasteiger partial charge is 0.342 e. The molecule has 0 aromatic carbocycles. The number of hydrogen-bond acceptors (Lipinski definition) is 2. The number of rotatable bonds is 2. The number of amides is 1. The Morgan fingerprint density at radius 3 is 2.88 bits per heavy atom. The highest BCUT2D eigenvalue weighted by Gasteiger charge is 2.39. The summed E-state index contributed by atoms with van der Waals surface area (Å²) in [6, 6.07) is 0. The number of likely N-dealkylation sites (tertiary alicyclic amines) is 1. The molecular weight excluding hydrogens is 212 g/mol. The van der Waals surface area contributed by atoms with Crippen LogP contribution in [0.4, 0.5) is 0 Å². The summed E-state index contributed by atoms with van der Waals surface area (Å²) in [4.78, 5) is 14.7. The second kappa shape index (κ2) is 5.38. The fourth-order valence-corrected chi connectivity index (χ4v) is 3.16. The van der Waals surface area contributed by atoms with E-state index in [1.165, 1.54) is 25.7 Å². The number of carbonyl (C=O) groups excluding carboxylic acids is 1. The van der Waals surface area contributed by atoms with Gasteiger partial charge in [-0.3, -0.25) is 4.79 Å². The minimum absolute atomic E-state index is 0.133. The zero-order valence-corrected chi connectivity index (χ0v) is 11.3. The van der Waals surface area contributed by atoms with Gasteiger partial charge in [0.05, 0.1) is 5.41 Å². The van der Waals surface area contributed by atoms with Crippen molar-refractivity contribution in [3.8, 4) is 0 Å². The summed E-state index contributed by atoms with van der Waals surface area (Å²) in [6.07, 6.45) is 5.95. The molecule has 2 aliphatic rings. The fraction of sp³-hybridized carbons (Fsp3) is 0.929. The quantitative estimate of drug-likeness (QED) is 0.798. The molecule has 0 spiro atoms. The third kappa shape index (κ3) is 2.82. The Kier molecular flexibility index (Phi) is 4.08. The van der Waals surface area contributed by atoms with E-state index in [9.17, 15) is 4.79 Å². The Hall–Kier alpha value is -0.570. The van der Waals surface area contributed by atoms with Crippen LogP contribution >= 0.6 is 0 Å². The summed E-state index contributed by atoms with van der Waals surface area (Å²) >= 11 is 0. The summed E-state index contributed by atoms with van der Waals surface area (Å²) in [5.41, 5.74) is -0.133. The molecule has 2 saturated heterocycles. The average molecular weight is 238 g/mol. The molecule has 17 heavy (non-hydrogen) atoms. The van der Waals surface area contributed by atoms with Gasteiger partial charge in [-0.05, 0) is 45.1 Å². The normalized spacial score (nSPS) is 34.7. The standard InChI is InChI=1S/C14H26N2O/c1-3-12-5-4-9-16(10-6-12)13(17)14(2)7-8-15-11-14/h12,15H,3-11H2,1-2H3. The van der Waals surface area contributed by atoms with Crippen LogP contribution in [0.1, 0.15) is 46.0 Å². The molecule has 3 nitrogen and oxygen atoms in total. The Morgan fingerprint density at radius 1 is 1.41 bits per heavy atom. The van der Waals surface area contributed by atoms with Gasteiger partial charge in [0, 0.05) is 19.6 Å². The zero-order chi connectivity index (χ0) is 12.3. The van der Waals surface area contributed by atoms with E-state index in [-0.39, 0.29) is 5.41 Å². The van der Waals surface area contributed by atoms with Crippen molar-refractivity contribution >= 4 is 5.91 Å². The maximum atomic E-state index is 12.6. The molecule has 98 valence electrons. The van der Waals surface area contributed by atoms with Gasteiger partial charge >= 0.3 is 0 Å². The number of nitrogens with one attached hydrogen (secondary N) is 1. The van der Waals surface area contributed by atoms with Crippen LogP contribution in [-0.2, 0) is 4.79 Å². The van der Waals surface area contributed by atoms with Crippen LogP contribution in [0.15, 0.2) is 0 Å². The van der Waals surface area contributed by atoms with Crippen LogP contribution in [0.3, 0.4) is 0 Å². The molecule has 3 heteroatoms. The van der Waals surface area contributed by atoms with Crippen molar-refractivity contribution < 1.29 is 4.79 Å². The summed E-state index contributed by atoms with van der Waals surface area (Å²) in [6.45, 7) is 8.20. The zero-order valence-electron chi connectivity index (χ0n) is 11.3. The van der Waals surface area contributed by atoms with E-state index in [1.807, 2.05) is 0 Å². The molecule has 1 N–H and O–H groups in total. The van der Waals surface area contributed by atoms with E-state index < -0.39 is 0 Å². The molecule has 2 fully saturated rings. The van der Waals surface area contributed by atoms with Crippen molar-refractivity contribution in [1.29, 1.82) is 0 Å². The van der Waals surface area contributed by atoms with Crippen molar-refractivity contribution in [3.05, 3.63) is 0 Å². The van der Waals surface area contributed by atoms with Gasteiger partial charge in [-0.25, -0.2) is 0 Å². The summed E-state index contributed by atoms with van der Waals surface area (Å²) in [5.74, 6) is 1.22. The van der Waals surface area contributed by atoms with Crippen molar-refractivity contribution in [2.45, 2.75) is 46.0 Å². The monoisotopic (exact) mass is 238 g/mol. The molecule has 0 aromatic rings. The SMILES string of the molecule is CCC1CCCN(C(=O)C2(C)CCNC2)CC1. The van der Waals surface area contributed by atoms with E-state index in [4.69, 9.17) is 0 Å². The maximum Gasteiger partial charge on any atom is 0.229 e. The minimum Gasteiger partial charge on any atom is -0.342 e. The van der Waals surface area contributed by atoms with Gasteiger partial charge in [-0.1, -0.05) is 13.3 Å². The van der Waals surface area contributed by atoms with Crippen LogP contribution in [0.2, 0.25) is 0 Å². The van der Waals surface area contributed by atoms with E-state index in [0.717, 1.165) is 38.5 Å². The molecule has 0 aliphatic carbocycles. The Balaban J connectivity index is 1.95. The first kappa shape index (κ1) is 12.9. The average Bonchev–Trinajstić information content (AvgIpc) is 2.66. The first-order valence-corrected chi connectivity index (χ1v) is 7.16. The fourth-order valence-electron chi connectivity index (χ4n) is 3.16. The Bertz CT molecular complexity index is 271. The second-order valence-electron chi connectivity index (χ2n) is 5.98. The van der Waals surface area contributed by atoms with Crippen molar-refractivity contribution in [2.24, 2.45) is 11.3 Å². The van der Waals surface area contributed by atoms with E-state index in [0.29, 0.717) is 5.91 Å². The second-order valence-corrected chi connectivity index (χ2v) is 5.98. The molecule has 2 heterocycles. The predicted octanol–water partition coefficient (Wildman–Crippen LogP) is 2.02. The molecule has 1 amide bonds. The predicted molar refractivity (Wildman–Crippen MR) is 69.8 cm³/mol. The van der Waals surface area contributed by atoms with Crippen LogP contribution in [0.5, 0.6) is 0 Å².